The SMILES string of the molecule is CCNC(=O)NC[C@@H]1COc2ccccc2O1. The molecule has 1 aliphatic heterocycles. The molecule has 0 bridgehead atoms. The van der Waals surface area contributed by atoms with Gasteiger partial charge in [0.15, 0.2) is 17.6 Å². The highest BCUT2D eigenvalue weighted by atomic mass is 16.6. The molecule has 17 heavy (non-hydrogen) atoms. The van der Waals surface area contributed by atoms with Crippen LogP contribution >= 0.6 is 0 Å². The molecule has 0 saturated carbocycles. The molecular formula is C12H16N2O3. The molecule has 1 aromatic carbocycles. The Labute approximate surface area is 100 Å². The van der Waals surface area contributed by atoms with Gasteiger partial charge in [-0.05, 0) is 19.1 Å². The van der Waals surface area contributed by atoms with Gasteiger partial charge in [-0.3, -0.25) is 0 Å². The van der Waals surface area contributed by atoms with Gasteiger partial charge in [0, 0.05) is 6.54 Å². The summed E-state index contributed by atoms with van der Waals surface area (Å²) in [6.45, 7) is 3.36. The maximum atomic E-state index is 11.2. The molecule has 0 aromatic heterocycles. The Morgan fingerprint density at radius 2 is 2.12 bits per heavy atom. The van der Waals surface area contributed by atoms with Gasteiger partial charge in [0.2, 0.25) is 0 Å². The quantitative estimate of drug-likeness (QED) is 0.827. The van der Waals surface area contributed by atoms with Crippen LogP contribution in [-0.2, 0) is 0 Å². The molecular weight excluding hydrogens is 220 g/mol. The fourth-order valence-corrected chi connectivity index (χ4v) is 1.59. The van der Waals surface area contributed by atoms with Gasteiger partial charge in [-0.1, -0.05) is 12.1 Å². The van der Waals surface area contributed by atoms with E-state index in [0.29, 0.717) is 19.7 Å². The number of benzene rings is 1. The van der Waals surface area contributed by atoms with Gasteiger partial charge in [-0.2, -0.15) is 0 Å². The predicted molar refractivity (Wildman–Crippen MR) is 63.4 cm³/mol. The van der Waals surface area contributed by atoms with E-state index in [9.17, 15) is 4.79 Å². The number of carbonyl (C=O) groups is 1. The molecule has 5 nitrogen and oxygen atoms in total. The van der Waals surface area contributed by atoms with Crippen LogP contribution in [0.5, 0.6) is 11.5 Å². The van der Waals surface area contributed by atoms with E-state index in [1.165, 1.54) is 0 Å². The van der Waals surface area contributed by atoms with Crippen LogP contribution in [0.25, 0.3) is 0 Å². The molecule has 2 rings (SSSR count). The zero-order chi connectivity index (χ0) is 12.1. The van der Waals surface area contributed by atoms with Crippen molar-refractivity contribution in [3.05, 3.63) is 24.3 Å². The number of hydrogen-bond donors (Lipinski definition) is 2. The molecule has 1 atom stereocenters. The maximum absolute atomic E-state index is 11.2. The molecule has 1 aromatic rings. The van der Waals surface area contributed by atoms with Crippen molar-refractivity contribution in [1.82, 2.24) is 10.6 Å². The summed E-state index contributed by atoms with van der Waals surface area (Å²) in [5, 5.41) is 5.39. The van der Waals surface area contributed by atoms with E-state index in [2.05, 4.69) is 10.6 Å². The molecule has 92 valence electrons. The number of amides is 2. The summed E-state index contributed by atoms with van der Waals surface area (Å²) in [6.07, 6.45) is -0.146. The molecule has 0 radical (unpaired) electrons. The second-order valence-corrected chi connectivity index (χ2v) is 3.74. The molecule has 0 spiro atoms. The number of rotatable bonds is 3. The van der Waals surface area contributed by atoms with Crippen LogP contribution in [-0.4, -0.2) is 31.8 Å². The van der Waals surface area contributed by atoms with E-state index in [-0.39, 0.29) is 12.1 Å². The third kappa shape index (κ3) is 3.03. The Kier molecular flexibility index (Phi) is 3.69. The van der Waals surface area contributed by atoms with Crippen molar-refractivity contribution in [2.24, 2.45) is 0 Å². The zero-order valence-electron chi connectivity index (χ0n) is 9.73. The van der Waals surface area contributed by atoms with Gasteiger partial charge >= 0.3 is 6.03 Å². The Morgan fingerprint density at radius 1 is 1.35 bits per heavy atom. The minimum absolute atomic E-state index is 0.146. The molecule has 1 heterocycles. The van der Waals surface area contributed by atoms with Gasteiger partial charge in [-0.25, -0.2) is 4.79 Å². The number of para-hydroxylation sites is 2. The van der Waals surface area contributed by atoms with E-state index in [0.717, 1.165) is 11.5 Å². The lowest BCUT2D eigenvalue weighted by Crippen LogP contribution is -2.44. The van der Waals surface area contributed by atoms with E-state index >= 15 is 0 Å². The summed E-state index contributed by atoms with van der Waals surface area (Å²) >= 11 is 0. The van der Waals surface area contributed by atoms with Crippen molar-refractivity contribution in [2.45, 2.75) is 13.0 Å². The highest BCUT2D eigenvalue weighted by Crippen LogP contribution is 2.30. The summed E-state index contributed by atoms with van der Waals surface area (Å²) in [4.78, 5) is 11.2. The highest BCUT2D eigenvalue weighted by molar-refractivity contribution is 5.73. The van der Waals surface area contributed by atoms with Gasteiger partial charge in [0.05, 0.1) is 6.54 Å². The summed E-state index contributed by atoms with van der Waals surface area (Å²) in [5.74, 6) is 1.48. The first-order chi connectivity index (χ1) is 8.29. The van der Waals surface area contributed by atoms with Crippen LogP contribution in [0.4, 0.5) is 4.79 Å². The van der Waals surface area contributed by atoms with E-state index < -0.39 is 0 Å². The number of hydrogen-bond acceptors (Lipinski definition) is 3. The monoisotopic (exact) mass is 236 g/mol. The molecule has 0 aliphatic carbocycles. The Morgan fingerprint density at radius 3 is 2.88 bits per heavy atom. The van der Waals surface area contributed by atoms with Crippen LogP contribution in [0.1, 0.15) is 6.92 Å². The number of urea groups is 1. The molecule has 2 amide bonds. The molecule has 0 fully saturated rings. The first-order valence-corrected chi connectivity index (χ1v) is 5.69. The number of nitrogens with one attached hydrogen (secondary N) is 2. The smallest absolute Gasteiger partial charge is 0.314 e. The lowest BCUT2D eigenvalue weighted by molar-refractivity contribution is 0.0918. The third-order valence-corrected chi connectivity index (χ3v) is 2.40. The summed E-state index contributed by atoms with van der Waals surface area (Å²) in [5.41, 5.74) is 0. The lowest BCUT2D eigenvalue weighted by atomic mass is 10.2. The van der Waals surface area contributed by atoms with Gasteiger partial charge in [-0.15, -0.1) is 0 Å². The normalized spacial score (nSPS) is 17.4. The van der Waals surface area contributed by atoms with Crippen molar-refractivity contribution in [3.8, 4) is 11.5 Å². The first kappa shape index (κ1) is 11.6. The van der Waals surface area contributed by atoms with Crippen molar-refractivity contribution in [3.63, 3.8) is 0 Å². The molecule has 0 saturated heterocycles. The average Bonchev–Trinajstić information content (AvgIpc) is 2.36. The second kappa shape index (κ2) is 5.43. The van der Waals surface area contributed by atoms with Gasteiger partial charge in [0.25, 0.3) is 0 Å². The van der Waals surface area contributed by atoms with Gasteiger partial charge in [0.1, 0.15) is 6.61 Å². The van der Waals surface area contributed by atoms with Crippen LogP contribution in [0.2, 0.25) is 0 Å². The fourth-order valence-electron chi connectivity index (χ4n) is 1.59. The maximum Gasteiger partial charge on any atom is 0.314 e. The lowest BCUT2D eigenvalue weighted by Gasteiger charge is -2.26. The summed E-state index contributed by atoms with van der Waals surface area (Å²) < 4.78 is 11.2. The fraction of sp³-hybridized carbons (Fsp3) is 0.417. The second-order valence-electron chi connectivity index (χ2n) is 3.74. The molecule has 5 heteroatoms. The molecule has 2 N–H and O–H groups in total. The summed E-state index contributed by atoms with van der Waals surface area (Å²) in [6, 6.07) is 7.32. The van der Waals surface area contributed by atoms with Crippen LogP contribution in [0.15, 0.2) is 24.3 Å². The van der Waals surface area contributed by atoms with E-state index in [4.69, 9.17) is 9.47 Å². The number of fused-ring (bicyclic) bond motifs is 1. The Balaban J connectivity index is 1.84. The highest BCUT2D eigenvalue weighted by Gasteiger charge is 2.20. The Bertz CT molecular complexity index is 395. The zero-order valence-corrected chi connectivity index (χ0v) is 9.73. The van der Waals surface area contributed by atoms with Crippen molar-refractivity contribution < 1.29 is 14.3 Å². The van der Waals surface area contributed by atoms with Crippen molar-refractivity contribution in [1.29, 1.82) is 0 Å². The van der Waals surface area contributed by atoms with Crippen molar-refractivity contribution >= 4 is 6.03 Å². The van der Waals surface area contributed by atoms with Crippen LogP contribution in [0, 0.1) is 0 Å². The van der Waals surface area contributed by atoms with E-state index in [1.54, 1.807) is 0 Å². The van der Waals surface area contributed by atoms with Crippen molar-refractivity contribution in [2.75, 3.05) is 19.7 Å². The standard InChI is InChI=1S/C12H16N2O3/c1-2-13-12(15)14-7-9-8-16-10-5-3-4-6-11(10)17-9/h3-6,9H,2,7-8H2,1H3,(H2,13,14,15)/t9-/m1/s1. The van der Waals surface area contributed by atoms with E-state index in [1.807, 2.05) is 31.2 Å². The largest absolute Gasteiger partial charge is 0.486 e. The average molecular weight is 236 g/mol. The van der Waals surface area contributed by atoms with Crippen LogP contribution < -0.4 is 20.1 Å². The molecule has 1 aliphatic rings. The molecule has 0 unspecified atom stereocenters. The predicted octanol–water partition coefficient (Wildman–Crippen LogP) is 1.15. The minimum atomic E-state index is -0.185. The first-order valence-electron chi connectivity index (χ1n) is 5.69. The summed E-state index contributed by atoms with van der Waals surface area (Å²) in [7, 11) is 0. The Hall–Kier alpha value is -1.91. The number of ether oxygens (including phenoxy) is 2. The minimum Gasteiger partial charge on any atom is -0.486 e. The van der Waals surface area contributed by atoms with Gasteiger partial charge < -0.3 is 20.1 Å². The number of carbonyl (C=O) groups excluding carboxylic acids is 1. The third-order valence-electron chi connectivity index (χ3n) is 2.40. The topological polar surface area (TPSA) is 59.6 Å². The van der Waals surface area contributed by atoms with Crippen LogP contribution in [0.3, 0.4) is 0 Å².